The molecule has 0 aliphatic carbocycles. The molecule has 3 nitrogen and oxygen atoms in total. The van der Waals surface area contributed by atoms with Crippen molar-refractivity contribution >= 4 is 21.6 Å². The lowest BCUT2D eigenvalue weighted by atomic mass is 10.2. The van der Waals surface area contributed by atoms with Crippen molar-refractivity contribution in [1.29, 1.82) is 0 Å². The van der Waals surface area contributed by atoms with Crippen molar-refractivity contribution in [3.8, 4) is 5.69 Å². The van der Waals surface area contributed by atoms with E-state index in [0.29, 0.717) is 0 Å². The number of nitrogens with zero attached hydrogens (tertiary/aromatic N) is 1. The Balaban J connectivity index is 2.25. The van der Waals surface area contributed by atoms with Gasteiger partial charge in [0.05, 0.1) is 15.8 Å². The number of benzene rings is 2. The molecular formula is C15H14N2OS. The third kappa shape index (κ3) is 2.09. The highest BCUT2D eigenvalue weighted by Gasteiger charge is 2.11. The molecule has 3 aromatic rings. The molecule has 0 aliphatic heterocycles. The lowest BCUT2D eigenvalue weighted by Gasteiger charge is -2.07. The molecule has 19 heavy (non-hydrogen) atoms. The molecule has 0 unspecified atom stereocenters. The van der Waals surface area contributed by atoms with Gasteiger partial charge in [-0.15, -0.1) is 0 Å². The van der Waals surface area contributed by atoms with Crippen LogP contribution in [0.2, 0.25) is 0 Å². The summed E-state index contributed by atoms with van der Waals surface area (Å²) in [4.78, 5) is 12.4. The Morgan fingerprint density at radius 2 is 1.84 bits per heavy atom. The Morgan fingerprint density at radius 3 is 2.63 bits per heavy atom. The minimum Gasteiger partial charge on any atom is -0.316 e. The summed E-state index contributed by atoms with van der Waals surface area (Å²) >= 11 is 1.49. The van der Waals surface area contributed by atoms with Crippen molar-refractivity contribution < 1.29 is 0 Å². The van der Waals surface area contributed by atoms with Crippen molar-refractivity contribution in [2.24, 2.45) is 0 Å². The normalized spacial score (nSPS) is 11.0. The van der Waals surface area contributed by atoms with Gasteiger partial charge in [-0.25, -0.2) is 3.96 Å². The van der Waals surface area contributed by atoms with Crippen LogP contribution in [0.15, 0.2) is 53.3 Å². The predicted octanol–water partition coefficient (Wildman–Crippen LogP) is 2.77. The van der Waals surface area contributed by atoms with Crippen molar-refractivity contribution in [2.75, 3.05) is 7.05 Å². The monoisotopic (exact) mass is 270 g/mol. The fourth-order valence-corrected chi connectivity index (χ4v) is 3.23. The Bertz CT molecular complexity index is 773. The minimum absolute atomic E-state index is 0.0594. The fourth-order valence-electron chi connectivity index (χ4n) is 2.18. The highest BCUT2D eigenvalue weighted by molar-refractivity contribution is 7.14. The number of rotatable bonds is 3. The molecule has 0 aliphatic rings. The van der Waals surface area contributed by atoms with E-state index in [9.17, 15) is 4.79 Å². The van der Waals surface area contributed by atoms with Crippen molar-refractivity contribution in [1.82, 2.24) is 9.27 Å². The van der Waals surface area contributed by atoms with Gasteiger partial charge in [-0.1, -0.05) is 41.9 Å². The molecule has 0 bridgehead atoms. The van der Waals surface area contributed by atoms with Crippen molar-refractivity contribution in [2.45, 2.75) is 6.54 Å². The lowest BCUT2D eigenvalue weighted by Crippen LogP contribution is -2.15. The summed E-state index contributed by atoms with van der Waals surface area (Å²) in [7, 11) is 1.91. The summed E-state index contributed by atoms with van der Waals surface area (Å²) in [6, 6.07) is 15.7. The van der Waals surface area contributed by atoms with E-state index in [1.165, 1.54) is 11.5 Å². The van der Waals surface area contributed by atoms with Crippen LogP contribution in [0.4, 0.5) is 0 Å². The van der Waals surface area contributed by atoms with E-state index in [4.69, 9.17) is 0 Å². The number of aromatic nitrogens is 1. The Morgan fingerprint density at radius 1 is 1.11 bits per heavy atom. The maximum atomic E-state index is 12.4. The Labute approximate surface area is 115 Å². The van der Waals surface area contributed by atoms with Crippen molar-refractivity contribution in [3.05, 3.63) is 64.4 Å². The quantitative estimate of drug-likeness (QED) is 0.794. The van der Waals surface area contributed by atoms with Gasteiger partial charge >= 0.3 is 0 Å². The van der Waals surface area contributed by atoms with E-state index in [1.54, 1.807) is 3.96 Å². The zero-order valence-electron chi connectivity index (χ0n) is 10.6. The standard InChI is InChI=1S/C15H14N2OS/c1-16-10-11-6-2-4-8-13(11)17-15(18)12-7-3-5-9-14(12)19-17/h2-9,16H,10H2,1H3. The van der Waals surface area contributed by atoms with Gasteiger partial charge in [0.15, 0.2) is 0 Å². The Hall–Kier alpha value is -1.91. The van der Waals surface area contributed by atoms with Gasteiger partial charge in [0.25, 0.3) is 5.56 Å². The molecule has 0 spiro atoms. The predicted molar refractivity (Wildman–Crippen MR) is 80.2 cm³/mol. The molecule has 0 fully saturated rings. The maximum absolute atomic E-state index is 12.4. The van der Waals surface area contributed by atoms with Gasteiger partial charge in [0, 0.05) is 6.54 Å². The second-order valence-electron chi connectivity index (χ2n) is 4.35. The molecule has 1 aromatic heterocycles. The van der Waals surface area contributed by atoms with E-state index in [1.807, 2.05) is 55.6 Å². The number of para-hydroxylation sites is 1. The number of hydrogen-bond acceptors (Lipinski definition) is 3. The highest BCUT2D eigenvalue weighted by Crippen LogP contribution is 2.22. The van der Waals surface area contributed by atoms with Gasteiger partial charge in [0.2, 0.25) is 0 Å². The molecule has 0 radical (unpaired) electrons. The largest absolute Gasteiger partial charge is 0.316 e. The summed E-state index contributed by atoms with van der Waals surface area (Å²) in [6.45, 7) is 0.747. The van der Waals surface area contributed by atoms with E-state index >= 15 is 0 Å². The average molecular weight is 270 g/mol. The molecule has 1 heterocycles. The van der Waals surface area contributed by atoms with Crippen LogP contribution in [0.3, 0.4) is 0 Å². The molecule has 0 atom stereocenters. The van der Waals surface area contributed by atoms with Crippen LogP contribution in [0.1, 0.15) is 5.56 Å². The van der Waals surface area contributed by atoms with E-state index in [2.05, 4.69) is 5.32 Å². The topological polar surface area (TPSA) is 34.0 Å². The third-order valence-corrected chi connectivity index (χ3v) is 4.17. The molecule has 2 aromatic carbocycles. The first-order valence-electron chi connectivity index (χ1n) is 6.15. The molecule has 1 N–H and O–H groups in total. The van der Waals surface area contributed by atoms with Crippen LogP contribution in [0.25, 0.3) is 15.8 Å². The zero-order chi connectivity index (χ0) is 13.2. The average Bonchev–Trinajstić information content (AvgIpc) is 2.78. The summed E-state index contributed by atoms with van der Waals surface area (Å²) in [5.74, 6) is 0. The van der Waals surface area contributed by atoms with Gasteiger partial charge in [-0.2, -0.15) is 0 Å². The van der Waals surface area contributed by atoms with Gasteiger partial charge in [-0.05, 0) is 30.8 Å². The third-order valence-electron chi connectivity index (χ3n) is 3.07. The second-order valence-corrected chi connectivity index (χ2v) is 5.33. The van der Waals surface area contributed by atoms with Crippen LogP contribution in [0, 0.1) is 0 Å². The number of fused-ring (bicyclic) bond motifs is 1. The van der Waals surface area contributed by atoms with Crippen LogP contribution in [-0.4, -0.2) is 11.0 Å². The number of nitrogens with one attached hydrogen (secondary N) is 1. The van der Waals surface area contributed by atoms with Crippen molar-refractivity contribution in [3.63, 3.8) is 0 Å². The second kappa shape index (κ2) is 4.99. The van der Waals surface area contributed by atoms with Gasteiger partial charge in [0.1, 0.15) is 0 Å². The van der Waals surface area contributed by atoms with Crippen LogP contribution >= 0.6 is 11.5 Å². The SMILES string of the molecule is CNCc1ccccc1-n1sc2ccccc2c1=O. The first-order chi connectivity index (χ1) is 9.31. The highest BCUT2D eigenvalue weighted by atomic mass is 32.1. The first-order valence-corrected chi connectivity index (χ1v) is 6.92. The molecule has 3 rings (SSSR count). The zero-order valence-corrected chi connectivity index (χ0v) is 11.4. The summed E-state index contributed by atoms with van der Waals surface area (Å²) < 4.78 is 2.80. The molecule has 0 saturated carbocycles. The fraction of sp³-hybridized carbons (Fsp3) is 0.133. The van der Waals surface area contributed by atoms with E-state index in [-0.39, 0.29) is 5.56 Å². The first kappa shape index (κ1) is 12.1. The smallest absolute Gasteiger partial charge is 0.273 e. The summed E-state index contributed by atoms with van der Waals surface area (Å²) in [6.07, 6.45) is 0. The van der Waals surface area contributed by atoms with Crippen LogP contribution < -0.4 is 10.9 Å². The molecule has 0 saturated heterocycles. The van der Waals surface area contributed by atoms with Crippen LogP contribution in [0.5, 0.6) is 0 Å². The maximum Gasteiger partial charge on any atom is 0.273 e. The Kier molecular flexibility index (Phi) is 3.19. The summed E-state index contributed by atoms with van der Waals surface area (Å²) in [5.41, 5.74) is 2.14. The lowest BCUT2D eigenvalue weighted by molar-refractivity contribution is 0.811. The van der Waals surface area contributed by atoms with Crippen LogP contribution in [-0.2, 0) is 6.54 Å². The molecule has 0 amide bonds. The van der Waals surface area contributed by atoms with E-state index < -0.39 is 0 Å². The molecule has 4 heteroatoms. The van der Waals surface area contributed by atoms with Gasteiger partial charge in [-0.3, -0.25) is 4.79 Å². The van der Waals surface area contributed by atoms with E-state index in [0.717, 1.165) is 27.9 Å². The van der Waals surface area contributed by atoms with Gasteiger partial charge < -0.3 is 5.32 Å². The number of hydrogen-bond donors (Lipinski definition) is 1. The summed E-state index contributed by atoms with van der Waals surface area (Å²) in [5, 5.41) is 3.92. The minimum atomic E-state index is 0.0594. The molecule has 96 valence electrons. The molecular weight excluding hydrogens is 256 g/mol.